The van der Waals surface area contributed by atoms with E-state index in [2.05, 4.69) is 36.4 Å². The van der Waals surface area contributed by atoms with Crippen molar-refractivity contribution in [3.8, 4) is 0 Å². The second-order valence-electron chi connectivity index (χ2n) is 6.64. The Morgan fingerprint density at radius 2 is 2.00 bits per heavy atom. The van der Waals surface area contributed by atoms with Gasteiger partial charge < -0.3 is 14.6 Å². The van der Waals surface area contributed by atoms with Gasteiger partial charge in [0.15, 0.2) is 0 Å². The molecule has 1 aliphatic heterocycles. The van der Waals surface area contributed by atoms with Gasteiger partial charge >= 0.3 is 0 Å². The number of rotatable bonds is 6. The molecule has 6 nitrogen and oxygen atoms in total. The highest BCUT2D eigenvalue weighted by molar-refractivity contribution is 7.98. The number of piperidine rings is 1. The molecule has 2 unspecified atom stereocenters. The Bertz CT molecular complexity index is 724. The minimum atomic E-state index is -0.309. The smallest absolute Gasteiger partial charge is 0.278 e. The number of carbonyl (C=O) groups is 1. The van der Waals surface area contributed by atoms with Crippen LogP contribution in [0.15, 0.2) is 34.9 Å². The van der Waals surface area contributed by atoms with Crippen molar-refractivity contribution in [2.75, 3.05) is 10.8 Å². The lowest BCUT2D eigenvalue weighted by Gasteiger charge is -2.32. The summed E-state index contributed by atoms with van der Waals surface area (Å²) in [6.45, 7) is 6.53. The molecule has 2 heterocycles. The summed E-state index contributed by atoms with van der Waals surface area (Å²) < 4.78 is 5.51. The fourth-order valence-electron chi connectivity index (χ4n) is 3.37. The van der Waals surface area contributed by atoms with E-state index in [1.165, 1.54) is 6.42 Å². The van der Waals surface area contributed by atoms with Gasteiger partial charge in [-0.2, -0.15) is 11.8 Å². The molecule has 0 spiro atoms. The summed E-state index contributed by atoms with van der Waals surface area (Å²) in [6.07, 6.45) is 3.47. The fourth-order valence-corrected chi connectivity index (χ4v) is 4.00. The van der Waals surface area contributed by atoms with E-state index in [-0.39, 0.29) is 5.91 Å². The quantitative estimate of drug-likeness (QED) is 0.716. The Hall–Kier alpha value is -2.02. The van der Waals surface area contributed by atoms with Gasteiger partial charge in [0, 0.05) is 0 Å². The Labute approximate surface area is 158 Å². The summed E-state index contributed by atoms with van der Waals surface area (Å²) in [5.41, 5.74) is 1.39. The first-order valence-corrected chi connectivity index (χ1v) is 10.4. The fraction of sp³-hybridized carbons (Fsp3) is 0.526. The predicted octanol–water partition coefficient (Wildman–Crippen LogP) is 3.96. The number of thioether (sulfide) groups is 1. The van der Waals surface area contributed by atoms with Crippen molar-refractivity contribution in [1.29, 1.82) is 0 Å². The molecular weight excluding hydrogens is 348 g/mol. The van der Waals surface area contributed by atoms with Crippen LogP contribution in [-0.4, -0.2) is 29.0 Å². The molecule has 3 rings (SSSR count). The zero-order valence-electron chi connectivity index (χ0n) is 15.6. The molecule has 1 aromatic heterocycles. The zero-order valence-corrected chi connectivity index (χ0v) is 16.4. The first-order chi connectivity index (χ1) is 12.6. The highest BCUT2D eigenvalue weighted by Gasteiger charge is 2.36. The van der Waals surface area contributed by atoms with E-state index in [1.54, 1.807) is 23.9 Å². The van der Waals surface area contributed by atoms with Crippen molar-refractivity contribution >= 4 is 23.6 Å². The maximum absolute atomic E-state index is 12.5. The number of carbonyl (C=O) groups excluding carboxylic acids is 1. The van der Waals surface area contributed by atoms with Crippen molar-refractivity contribution in [2.24, 2.45) is 0 Å². The Balaban J connectivity index is 1.88. The van der Waals surface area contributed by atoms with Crippen LogP contribution >= 0.6 is 11.8 Å². The molecule has 2 atom stereocenters. The average molecular weight is 375 g/mol. The summed E-state index contributed by atoms with van der Waals surface area (Å²) in [7, 11) is 0. The van der Waals surface area contributed by atoms with Crippen LogP contribution in [0.5, 0.6) is 0 Å². The summed E-state index contributed by atoms with van der Waals surface area (Å²) in [4.78, 5) is 14.3. The van der Waals surface area contributed by atoms with Crippen LogP contribution < -0.4 is 9.80 Å². The van der Waals surface area contributed by atoms with Crippen LogP contribution in [0.25, 0.3) is 5.32 Å². The van der Waals surface area contributed by atoms with Gasteiger partial charge in [-0.15, -0.1) is 5.01 Å². The largest absolute Gasteiger partial charge is 0.584 e. The number of hydrogen-bond acceptors (Lipinski definition) is 5. The molecule has 0 saturated carbocycles. The summed E-state index contributed by atoms with van der Waals surface area (Å²) in [5, 5.41) is 10.7. The Morgan fingerprint density at radius 3 is 2.65 bits per heavy atom. The van der Waals surface area contributed by atoms with Crippen LogP contribution in [0, 0.1) is 0 Å². The van der Waals surface area contributed by atoms with Crippen molar-refractivity contribution < 1.29 is 14.1 Å². The van der Waals surface area contributed by atoms with Crippen molar-refractivity contribution in [3.05, 3.63) is 46.9 Å². The Kier molecular flexibility index (Phi) is 6.19. The van der Waals surface area contributed by atoms with E-state index in [9.17, 15) is 4.79 Å². The third-order valence-corrected chi connectivity index (χ3v) is 5.61. The number of nitrogens with zero attached hydrogens (tertiary/aromatic N) is 4. The third-order valence-electron chi connectivity index (χ3n) is 4.73. The van der Waals surface area contributed by atoms with Gasteiger partial charge in [-0.25, -0.2) is 0 Å². The molecule has 0 bridgehead atoms. The van der Waals surface area contributed by atoms with Crippen LogP contribution in [0.4, 0.5) is 5.88 Å². The Morgan fingerprint density at radius 1 is 1.31 bits per heavy atom. The third kappa shape index (κ3) is 4.03. The number of amides is 1. The number of aromatic nitrogens is 2. The highest BCUT2D eigenvalue weighted by Crippen LogP contribution is 2.28. The van der Waals surface area contributed by atoms with Crippen LogP contribution in [0.3, 0.4) is 0 Å². The second-order valence-corrected chi connectivity index (χ2v) is 7.92. The van der Waals surface area contributed by atoms with Gasteiger partial charge in [-0.05, 0) is 44.4 Å². The lowest BCUT2D eigenvalue weighted by molar-refractivity contribution is -0.771. The van der Waals surface area contributed by atoms with Crippen LogP contribution in [0.1, 0.15) is 56.1 Å². The molecule has 0 aliphatic carbocycles. The molecule has 2 aromatic rings. The molecule has 26 heavy (non-hydrogen) atoms. The van der Waals surface area contributed by atoms with Crippen LogP contribution in [0.2, 0.25) is 0 Å². The monoisotopic (exact) mass is 374 g/mol. The average Bonchev–Trinajstić information content (AvgIpc) is 3.02. The second kappa shape index (κ2) is 8.58. The molecule has 1 aromatic carbocycles. The predicted molar refractivity (Wildman–Crippen MR) is 103 cm³/mol. The van der Waals surface area contributed by atoms with Gasteiger partial charge in [0.25, 0.3) is 5.69 Å². The molecule has 1 saturated heterocycles. The summed E-state index contributed by atoms with van der Waals surface area (Å²) in [5.74, 6) is 1.68. The van der Waals surface area contributed by atoms with E-state index in [0.717, 1.165) is 24.3 Å². The highest BCUT2D eigenvalue weighted by atomic mass is 32.2. The van der Waals surface area contributed by atoms with Crippen molar-refractivity contribution in [1.82, 2.24) is 5.27 Å². The van der Waals surface area contributed by atoms with Gasteiger partial charge in [-0.1, -0.05) is 37.3 Å². The molecule has 140 valence electrons. The van der Waals surface area contributed by atoms with Crippen molar-refractivity contribution in [2.45, 2.75) is 57.9 Å². The van der Waals surface area contributed by atoms with E-state index in [1.807, 2.05) is 23.0 Å². The van der Waals surface area contributed by atoms with Gasteiger partial charge in [0.1, 0.15) is 5.88 Å². The first-order valence-electron chi connectivity index (χ1n) is 9.20. The zero-order chi connectivity index (χ0) is 18.5. The topological polar surface area (TPSA) is 64.3 Å². The van der Waals surface area contributed by atoms with E-state index in [0.29, 0.717) is 29.3 Å². The van der Waals surface area contributed by atoms with E-state index >= 15 is 0 Å². The van der Waals surface area contributed by atoms with Gasteiger partial charge in [-0.3, -0.25) is 0 Å². The molecule has 1 fully saturated rings. The lowest BCUT2D eigenvalue weighted by Crippen LogP contribution is -2.69. The summed E-state index contributed by atoms with van der Waals surface area (Å²) in [6, 6.07) is 9.79. The number of benzene rings is 1. The minimum absolute atomic E-state index is 0.309. The van der Waals surface area contributed by atoms with Crippen molar-refractivity contribution in [3.63, 3.8) is 0 Å². The molecule has 7 heteroatoms. The normalized spacial score (nSPS) is 20.2. The van der Waals surface area contributed by atoms with E-state index in [4.69, 9.17) is 4.52 Å². The molecule has 1 aliphatic rings. The maximum Gasteiger partial charge on any atom is 0.278 e. The summed E-state index contributed by atoms with van der Waals surface area (Å²) >= 11 is 1.76. The molecule has 0 radical (unpaired) electrons. The molecule has 0 N–H and O–H groups in total. The molecular formula is C19H26N4O2S. The number of hydrogen-bond donors (Lipinski definition) is 0. The van der Waals surface area contributed by atoms with Gasteiger partial charge in [0.2, 0.25) is 5.27 Å². The van der Waals surface area contributed by atoms with Gasteiger partial charge in [0.05, 0.1) is 28.5 Å². The molecule has 1 amide bonds. The first kappa shape index (κ1) is 18.8. The standard InChI is InChI=1S/C19H26N4O2S/c1-4-26-13-17-19(20-18(24)16-11-6-5-7-12-16)25-21-23(17)22-14(2)9-8-10-15(22)3/h5-7,11-12,14-15H,4,8-10,13H2,1-3H3. The SMILES string of the molecule is CCSCc1c([N-]C(=O)c2ccccc2)on[n+]1N1C(C)CCCC1C. The maximum atomic E-state index is 12.5. The lowest BCUT2D eigenvalue weighted by atomic mass is 10.00. The minimum Gasteiger partial charge on any atom is -0.584 e. The van der Waals surface area contributed by atoms with E-state index < -0.39 is 0 Å². The van der Waals surface area contributed by atoms with Crippen LogP contribution in [-0.2, 0) is 5.75 Å².